The van der Waals surface area contributed by atoms with Crippen molar-refractivity contribution < 1.29 is 4.79 Å². The first-order valence-electron chi connectivity index (χ1n) is 9.69. The van der Waals surface area contributed by atoms with Crippen LogP contribution in [0.4, 0.5) is 0 Å². The lowest BCUT2D eigenvalue weighted by Crippen LogP contribution is -2.41. The van der Waals surface area contributed by atoms with E-state index in [0.717, 1.165) is 57.1 Å². The van der Waals surface area contributed by atoms with E-state index in [-0.39, 0.29) is 5.91 Å². The molecule has 132 valence electrons. The molecule has 0 bridgehead atoms. The molecule has 0 saturated heterocycles. The van der Waals surface area contributed by atoms with Crippen molar-refractivity contribution in [1.29, 1.82) is 0 Å². The van der Waals surface area contributed by atoms with Gasteiger partial charge in [0.25, 0.3) is 0 Å². The molecule has 0 spiro atoms. The number of rotatable bonds is 1. The van der Waals surface area contributed by atoms with Crippen LogP contribution in [0, 0.1) is 0 Å². The molecule has 0 N–H and O–H groups in total. The molecule has 1 amide bonds. The van der Waals surface area contributed by atoms with Crippen molar-refractivity contribution in [3.63, 3.8) is 0 Å². The van der Waals surface area contributed by atoms with E-state index in [1.165, 1.54) is 41.7 Å². The third-order valence-corrected chi connectivity index (χ3v) is 6.43. The Morgan fingerprint density at radius 3 is 2.72 bits per heavy atom. The predicted molar refractivity (Wildman–Crippen MR) is 97.4 cm³/mol. The van der Waals surface area contributed by atoms with Gasteiger partial charge in [-0.1, -0.05) is 6.42 Å². The minimum Gasteiger partial charge on any atom is -0.338 e. The molecule has 5 nitrogen and oxygen atoms in total. The van der Waals surface area contributed by atoms with Crippen LogP contribution in [0.1, 0.15) is 43.1 Å². The fourth-order valence-electron chi connectivity index (χ4n) is 4.64. The van der Waals surface area contributed by atoms with Gasteiger partial charge < -0.3 is 9.47 Å². The number of imidazole rings is 1. The van der Waals surface area contributed by atoms with Gasteiger partial charge in [0.1, 0.15) is 5.82 Å². The predicted octanol–water partition coefficient (Wildman–Crippen LogP) is 2.35. The van der Waals surface area contributed by atoms with E-state index >= 15 is 0 Å². The number of carbonyl (C=O) groups excluding carboxylic acids is 1. The molecule has 1 aromatic carbocycles. The Balaban J connectivity index is 1.46. The molecule has 25 heavy (non-hydrogen) atoms. The average Bonchev–Trinajstić information content (AvgIpc) is 2.76. The highest BCUT2D eigenvalue weighted by molar-refractivity contribution is 5.79. The Hall–Kier alpha value is -1.88. The van der Waals surface area contributed by atoms with Crippen molar-refractivity contribution in [3.05, 3.63) is 29.1 Å². The third kappa shape index (κ3) is 2.56. The summed E-state index contributed by atoms with van der Waals surface area (Å²) in [6, 6.07) is 5.39. The summed E-state index contributed by atoms with van der Waals surface area (Å²) in [6.45, 7) is 6.59. The Bertz CT molecular complexity index is 836. The Morgan fingerprint density at radius 1 is 1.08 bits per heavy atom. The van der Waals surface area contributed by atoms with Gasteiger partial charge in [-0.15, -0.1) is 0 Å². The van der Waals surface area contributed by atoms with Crippen molar-refractivity contribution in [3.8, 4) is 0 Å². The maximum Gasteiger partial charge on any atom is 0.219 e. The van der Waals surface area contributed by atoms with Gasteiger partial charge in [-0.05, 0) is 42.5 Å². The molecule has 5 heteroatoms. The van der Waals surface area contributed by atoms with E-state index in [4.69, 9.17) is 4.98 Å². The van der Waals surface area contributed by atoms with Crippen LogP contribution in [-0.2, 0) is 30.7 Å². The number of hydrogen-bond donors (Lipinski definition) is 0. The van der Waals surface area contributed by atoms with Gasteiger partial charge in [0, 0.05) is 52.1 Å². The summed E-state index contributed by atoms with van der Waals surface area (Å²) in [5.74, 6) is 1.41. The highest BCUT2D eigenvalue weighted by atomic mass is 16.2. The van der Waals surface area contributed by atoms with Crippen LogP contribution in [0.15, 0.2) is 12.1 Å². The summed E-state index contributed by atoms with van der Waals surface area (Å²) < 4.78 is 2.45. The second-order valence-corrected chi connectivity index (χ2v) is 7.85. The number of hydrogen-bond acceptors (Lipinski definition) is 3. The highest BCUT2D eigenvalue weighted by Crippen LogP contribution is 2.29. The average molecular weight is 338 g/mol. The maximum atomic E-state index is 11.7. The van der Waals surface area contributed by atoms with E-state index in [1.807, 2.05) is 4.90 Å². The van der Waals surface area contributed by atoms with Crippen molar-refractivity contribution in [2.45, 2.75) is 58.2 Å². The number of fused-ring (bicyclic) bond motifs is 4. The Morgan fingerprint density at radius 2 is 1.96 bits per heavy atom. The lowest BCUT2D eigenvalue weighted by atomic mass is 9.91. The van der Waals surface area contributed by atoms with E-state index in [0.29, 0.717) is 0 Å². The molecule has 3 heterocycles. The molecule has 2 aromatic rings. The SMILES string of the molecule is CC(=O)N1CCc2cc3c(cc2C1)nc1n3CCN(C2CCC2)CC1. The molecular formula is C20H26N4O. The van der Waals surface area contributed by atoms with E-state index in [2.05, 4.69) is 21.6 Å². The summed E-state index contributed by atoms with van der Waals surface area (Å²) in [5.41, 5.74) is 5.07. The molecule has 2 aliphatic heterocycles. The van der Waals surface area contributed by atoms with Gasteiger partial charge in [-0.25, -0.2) is 4.98 Å². The summed E-state index contributed by atoms with van der Waals surface area (Å²) >= 11 is 0. The number of benzene rings is 1. The van der Waals surface area contributed by atoms with Crippen molar-refractivity contribution in [1.82, 2.24) is 19.4 Å². The minimum absolute atomic E-state index is 0.169. The van der Waals surface area contributed by atoms with E-state index in [9.17, 15) is 4.79 Å². The molecule has 0 radical (unpaired) electrons. The monoisotopic (exact) mass is 338 g/mol. The molecule has 5 rings (SSSR count). The van der Waals surface area contributed by atoms with Gasteiger partial charge in [-0.3, -0.25) is 9.69 Å². The van der Waals surface area contributed by atoms with Crippen LogP contribution in [0.3, 0.4) is 0 Å². The topological polar surface area (TPSA) is 41.4 Å². The van der Waals surface area contributed by atoms with Crippen LogP contribution in [0.5, 0.6) is 0 Å². The molecule has 1 aromatic heterocycles. The van der Waals surface area contributed by atoms with Gasteiger partial charge in [0.15, 0.2) is 0 Å². The fraction of sp³-hybridized carbons (Fsp3) is 0.600. The summed E-state index contributed by atoms with van der Waals surface area (Å²) in [4.78, 5) is 21.3. The summed E-state index contributed by atoms with van der Waals surface area (Å²) in [6.07, 6.45) is 6.17. The Labute approximate surface area is 148 Å². The van der Waals surface area contributed by atoms with Gasteiger partial charge >= 0.3 is 0 Å². The molecule has 1 fully saturated rings. The lowest BCUT2D eigenvalue weighted by Gasteiger charge is -2.36. The van der Waals surface area contributed by atoms with E-state index < -0.39 is 0 Å². The second-order valence-electron chi connectivity index (χ2n) is 7.85. The van der Waals surface area contributed by atoms with Crippen LogP contribution in [0.2, 0.25) is 0 Å². The standard InChI is InChI=1S/C20H26N4O/c1-14(25)23-7-5-15-12-19-18(11-16(15)13-23)21-20-6-8-22(9-10-24(19)20)17-3-2-4-17/h11-12,17H,2-10,13H2,1H3. The largest absolute Gasteiger partial charge is 0.338 e. The molecular weight excluding hydrogens is 312 g/mol. The van der Waals surface area contributed by atoms with Crippen molar-refractivity contribution >= 4 is 16.9 Å². The van der Waals surface area contributed by atoms with Crippen molar-refractivity contribution in [2.24, 2.45) is 0 Å². The molecule has 1 aliphatic carbocycles. The van der Waals surface area contributed by atoms with Crippen LogP contribution >= 0.6 is 0 Å². The smallest absolute Gasteiger partial charge is 0.219 e. The summed E-state index contributed by atoms with van der Waals surface area (Å²) in [7, 11) is 0. The molecule has 0 unspecified atom stereocenters. The number of nitrogens with zero attached hydrogens (tertiary/aromatic N) is 4. The number of amides is 1. The zero-order chi connectivity index (χ0) is 17.0. The lowest BCUT2D eigenvalue weighted by molar-refractivity contribution is -0.129. The third-order valence-electron chi connectivity index (χ3n) is 6.43. The quantitative estimate of drug-likeness (QED) is 0.801. The molecule has 3 aliphatic rings. The number of carbonyl (C=O) groups is 1. The first kappa shape index (κ1) is 15.4. The summed E-state index contributed by atoms with van der Waals surface area (Å²) in [5, 5.41) is 0. The second kappa shape index (κ2) is 5.84. The first-order valence-corrected chi connectivity index (χ1v) is 9.69. The molecule has 0 atom stereocenters. The zero-order valence-electron chi connectivity index (χ0n) is 15.0. The normalized spacial score (nSPS) is 21.6. The first-order chi connectivity index (χ1) is 12.2. The zero-order valence-corrected chi connectivity index (χ0v) is 15.0. The fourth-order valence-corrected chi connectivity index (χ4v) is 4.64. The van der Waals surface area contributed by atoms with Crippen LogP contribution in [-0.4, -0.2) is 50.9 Å². The number of aromatic nitrogens is 2. The van der Waals surface area contributed by atoms with E-state index in [1.54, 1.807) is 6.92 Å². The molecule has 1 saturated carbocycles. The van der Waals surface area contributed by atoms with Crippen LogP contribution in [0.25, 0.3) is 11.0 Å². The highest BCUT2D eigenvalue weighted by Gasteiger charge is 2.28. The Kier molecular flexibility index (Phi) is 3.59. The van der Waals surface area contributed by atoms with Crippen LogP contribution < -0.4 is 0 Å². The minimum atomic E-state index is 0.169. The van der Waals surface area contributed by atoms with Gasteiger partial charge in [0.05, 0.1) is 11.0 Å². The van der Waals surface area contributed by atoms with Gasteiger partial charge in [0.2, 0.25) is 5.91 Å². The maximum absolute atomic E-state index is 11.7. The van der Waals surface area contributed by atoms with Gasteiger partial charge in [-0.2, -0.15) is 0 Å². The van der Waals surface area contributed by atoms with Crippen molar-refractivity contribution in [2.75, 3.05) is 19.6 Å².